The molecule has 0 radical (unpaired) electrons. The number of carboxylic acids is 2. The summed E-state index contributed by atoms with van der Waals surface area (Å²) < 4.78 is 69.0. The smallest absolute Gasteiger partial charge is 0.475 e. The van der Waals surface area contributed by atoms with Crippen molar-refractivity contribution in [3.63, 3.8) is 0 Å². The minimum atomic E-state index is -5.08. The number of aromatic amines is 1. The van der Waals surface area contributed by atoms with Gasteiger partial charge in [-0.15, -0.1) is 0 Å². The third-order valence-corrected chi connectivity index (χ3v) is 8.86. The van der Waals surface area contributed by atoms with Crippen LogP contribution in [0.2, 0.25) is 5.02 Å². The number of hydrogen-bond donors (Lipinski definition) is 3. The van der Waals surface area contributed by atoms with Gasteiger partial charge in [-0.25, -0.2) is 34.3 Å². The number of alkyl halides is 6. The zero-order valence-corrected chi connectivity index (χ0v) is 30.6. The summed E-state index contributed by atoms with van der Waals surface area (Å²) in [7, 11) is 0. The summed E-state index contributed by atoms with van der Waals surface area (Å²) in [6, 6.07) is 2.33. The molecule has 2 fully saturated rings. The number of aryl methyl sites for hydroxylation is 1. The van der Waals surface area contributed by atoms with Crippen LogP contribution in [0.4, 0.5) is 37.0 Å². The number of fused-ring (bicyclic) bond motifs is 2. The van der Waals surface area contributed by atoms with Gasteiger partial charge in [-0.3, -0.25) is 9.88 Å². The Balaban J connectivity index is 0.000000396. The van der Waals surface area contributed by atoms with Gasteiger partial charge in [0.1, 0.15) is 22.6 Å². The molecule has 0 atom stereocenters. The number of aliphatic carboxylic acids is 2. The van der Waals surface area contributed by atoms with Crippen LogP contribution in [0.1, 0.15) is 33.4 Å². The number of pyridine rings is 1. The summed E-state index contributed by atoms with van der Waals surface area (Å²) in [5.74, 6) is -4.68. The number of ether oxygens (including phenoxy) is 1. The van der Waals surface area contributed by atoms with Crippen molar-refractivity contribution in [2.45, 2.75) is 68.2 Å². The molecule has 15 nitrogen and oxygen atoms in total. The Labute approximate surface area is 312 Å². The summed E-state index contributed by atoms with van der Waals surface area (Å²) in [5, 5.41) is 16.4. The summed E-state index contributed by atoms with van der Waals surface area (Å²) in [6.45, 7) is 12.4. The SMILES string of the molecule is CCc1[nH]c2nc(Sc3cnc4nccnc4c3)nc(N3CC(N4CCN(C(=O)OC(C)(C)C)CC4)C3)c2c1Cl.O=C(O)C(F)(F)F.O=C(O)C(F)(F)F. The van der Waals surface area contributed by atoms with Gasteiger partial charge in [0.05, 0.1) is 10.4 Å². The molecule has 0 unspecified atom stereocenters. The molecule has 4 aromatic rings. The monoisotopic (exact) mass is 809 g/mol. The van der Waals surface area contributed by atoms with Crippen molar-refractivity contribution in [3.8, 4) is 0 Å². The fourth-order valence-corrected chi connectivity index (χ4v) is 6.16. The molecule has 2 aliphatic rings. The third-order valence-electron chi connectivity index (χ3n) is 7.61. The van der Waals surface area contributed by atoms with Crippen LogP contribution in [0.5, 0.6) is 0 Å². The fraction of sp³-hybridized carbons (Fsp3) is 0.484. The number of amides is 1. The van der Waals surface area contributed by atoms with E-state index >= 15 is 0 Å². The highest BCUT2D eigenvalue weighted by Crippen LogP contribution is 2.38. The van der Waals surface area contributed by atoms with Crippen LogP contribution >= 0.6 is 23.4 Å². The molecule has 0 aromatic carbocycles. The summed E-state index contributed by atoms with van der Waals surface area (Å²) in [5.41, 5.74) is 2.52. The Hall–Kier alpha value is -4.70. The molecule has 2 saturated heterocycles. The number of carbonyl (C=O) groups excluding carboxylic acids is 1. The molecule has 3 N–H and O–H groups in total. The first kappa shape index (κ1) is 42.0. The van der Waals surface area contributed by atoms with Gasteiger partial charge < -0.3 is 29.7 Å². The van der Waals surface area contributed by atoms with E-state index in [0.29, 0.717) is 35.0 Å². The maximum Gasteiger partial charge on any atom is 0.490 e. The van der Waals surface area contributed by atoms with Crippen LogP contribution in [0, 0.1) is 0 Å². The lowest BCUT2D eigenvalue weighted by molar-refractivity contribution is -0.193. The summed E-state index contributed by atoms with van der Waals surface area (Å²) >= 11 is 8.25. The number of piperazine rings is 1. The molecule has 0 aliphatic carbocycles. The Morgan fingerprint density at radius 1 is 0.944 bits per heavy atom. The Kier molecular flexibility index (Phi) is 13.0. The Morgan fingerprint density at radius 2 is 1.52 bits per heavy atom. The zero-order valence-electron chi connectivity index (χ0n) is 29.0. The van der Waals surface area contributed by atoms with Crippen LogP contribution in [-0.4, -0.2) is 131 Å². The fourth-order valence-electron chi connectivity index (χ4n) is 5.04. The van der Waals surface area contributed by atoms with Crippen molar-refractivity contribution in [3.05, 3.63) is 35.4 Å². The van der Waals surface area contributed by atoms with Gasteiger partial charge in [-0.05, 0) is 45.0 Å². The molecule has 23 heteroatoms. The number of carbonyl (C=O) groups is 3. The van der Waals surface area contributed by atoms with Crippen molar-refractivity contribution >= 4 is 69.4 Å². The Bertz CT molecular complexity index is 1960. The van der Waals surface area contributed by atoms with E-state index in [1.165, 1.54) is 11.8 Å². The van der Waals surface area contributed by atoms with Crippen LogP contribution < -0.4 is 4.90 Å². The lowest BCUT2D eigenvalue weighted by Crippen LogP contribution is -2.64. The van der Waals surface area contributed by atoms with E-state index in [2.05, 4.69) is 36.7 Å². The van der Waals surface area contributed by atoms with Gasteiger partial charge in [-0.2, -0.15) is 26.3 Å². The summed E-state index contributed by atoms with van der Waals surface area (Å²) in [4.78, 5) is 63.9. The van der Waals surface area contributed by atoms with Gasteiger partial charge in [-0.1, -0.05) is 18.5 Å². The quantitative estimate of drug-likeness (QED) is 0.165. The van der Waals surface area contributed by atoms with Crippen molar-refractivity contribution in [1.82, 2.24) is 39.7 Å². The topological polar surface area (TPSA) is 191 Å². The lowest BCUT2D eigenvalue weighted by atomic mass is 10.1. The number of nitrogens with one attached hydrogen (secondary N) is 1. The highest BCUT2D eigenvalue weighted by Gasteiger charge is 2.39. The molecule has 0 spiro atoms. The van der Waals surface area contributed by atoms with E-state index in [0.717, 1.165) is 65.6 Å². The van der Waals surface area contributed by atoms with Crippen LogP contribution in [-0.2, 0) is 20.7 Å². The standard InChI is InChI=1S/C27H32ClN9O2S.2C2HF3O2/c1-5-18-21(28)20-23(32-18)33-25(40-17-12-19-22(31-13-17)30-7-6-29-19)34-24(20)37-14-16(15-37)35-8-10-36(11-9-35)26(38)39-27(2,3)4;2*3-2(4,5)1(6)7/h6-7,12-13,16H,5,8-11,14-15H2,1-4H3,(H,32,33,34);2*(H,6,7). The summed E-state index contributed by atoms with van der Waals surface area (Å²) in [6.07, 6.45) is -4.57. The molecule has 0 saturated carbocycles. The molecule has 6 rings (SSSR count). The van der Waals surface area contributed by atoms with Gasteiger partial charge >= 0.3 is 30.4 Å². The molecule has 0 bridgehead atoms. The Morgan fingerprint density at radius 3 is 2.06 bits per heavy atom. The average molecular weight is 810 g/mol. The van der Waals surface area contributed by atoms with E-state index in [-0.39, 0.29) is 6.09 Å². The first-order valence-corrected chi connectivity index (χ1v) is 17.2. The molecule has 4 aromatic heterocycles. The minimum Gasteiger partial charge on any atom is -0.475 e. The molecule has 54 heavy (non-hydrogen) atoms. The van der Waals surface area contributed by atoms with Crippen molar-refractivity contribution in [2.24, 2.45) is 0 Å². The number of carboxylic acid groups (broad SMARTS) is 2. The molecule has 294 valence electrons. The number of nitrogens with zero attached hydrogens (tertiary/aromatic N) is 8. The van der Waals surface area contributed by atoms with Gasteiger partial charge in [0, 0.05) is 74.5 Å². The van der Waals surface area contributed by atoms with Crippen LogP contribution in [0.25, 0.3) is 22.2 Å². The van der Waals surface area contributed by atoms with E-state index in [9.17, 15) is 31.1 Å². The van der Waals surface area contributed by atoms with Crippen LogP contribution in [0.3, 0.4) is 0 Å². The number of hydrogen-bond acceptors (Lipinski definition) is 12. The molecule has 6 heterocycles. The van der Waals surface area contributed by atoms with E-state index < -0.39 is 29.9 Å². The number of halogens is 7. The molecule has 2 aliphatic heterocycles. The van der Waals surface area contributed by atoms with E-state index in [4.69, 9.17) is 46.1 Å². The van der Waals surface area contributed by atoms with Crippen molar-refractivity contribution in [2.75, 3.05) is 44.2 Å². The maximum absolute atomic E-state index is 12.5. The number of aromatic nitrogens is 6. The minimum absolute atomic E-state index is 0.238. The van der Waals surface area contributed by atoms with E-state index in [1.807, 2.05) is 26.8 Å². The average Bonchev–Trinajstić information content (AvgIpc) is 3.38. The number of H-pyrrole nitrogens is 1. The second kappa shape index (κ2) is 16.8. The van der Waals surface area contributed by atoms with E-state index in [1.54, 1.807) is 23.5 Å². The van der Waals surface area contributed by atoms with Crippen LogP contribution in [0.15, 0.2) is 34.7 Å². The maximum atomic E-state index is 12.5. The lowest BCUT2D eigenvalue weighted by Gasteiger charge is -2.48. The van der Waals surface area contributed by atoms with Crippen molar-refractivity contribution in [1.29, 1.82) is 0 Å². The second-order valence-electron chi connectivity index (χ2n) is 12.7. The number of anilines is 1. The van der Waals surface area contributed by atoms with Crippen molar-refractivity contribution < 1.29 is 55.7 Å². The first-order valence-electron chi connectivity index (χ1n) is 16.0. The third kappa shape index (κ3) is 10.9. The zero-order chi connectivity index (χ0) is 40.2. The number of rotatable bonds is 5. The second-order valence-corrected chi connectivity index (χ2v) is 14.1. The van der Waals surface area contributed by atoms with Gasteiger partial charge in [0.2, 0.25) is 0 Å². The predicted molar refractivity (Wildman–Crippen MR) is 182 cm³/mol. The normalized spacial score (nSPS) is 15.5. The largest absolute Gasteiger partial charge is 0.490 e. The van der Waals surface area contributed by atoms with Gasteiger partial charge in [0.15, 0.2) is 10.8 Å². The molecular formula is C31H34ClF6N9O6S. The first-order chi connectivity index (χ1) is 25.1. The highest BCUT2D eigenvalue weighted by atomic mass is 35.5. The highest BCUT2D eigenvalue weighted by molar-refractivity contribution is 7.99. The van der Waals surface area contributed by atoms with Gasteiger partial charge in [0.25, 0.3) is 0 Å². The molecular weight excluding hydrogens is 776 g/mol. The predicted octanol–water partition coefficient (Wildman–Crippen LogP) is 5.67. The molecule has 1 amide bonds.